The molecule has 0 saturated carbocycles. The number of fused-ring (bicyclic) bond motifs is 1. The summed E-state index contributed by atoms with van der Waals surface area (Å²) in [5.41, 5.74) is 21.2. The van der Waals surface area contributed by atoms with Crippen molar-refractivity contribution in [1.29, 1.82) is 0 Å². The number of guanidine groups is 1. The Morgan fingerprint density at radius 1 is 0.943 bits per heavy atom. The van der Waals surface area contributed by atoms with Crippen LogP contribution < -0.4 is 44.2 Å². The average molecular weight is 773 g/mol. The highest BCUT2D eigenvalue weighted by atomic mass is 32.2. The van der Waals surface area contributed by atoms with E-state index in [1.165, 1.54) is 20.8 Å². The molecule has 5 amide bonds. The predicted molar refractivity (Wildman–Crippen MR) is 187 cm³/mol. The van der Waals surface area contributed by atoms with Crippen molar-refractivity contribution >= 4 is 65.2 Å². The fraction of sp³-hybridized carbons (Fsp3) is 0.633. The largest absolute Gasteiger partial charge is 0.480 e. The third-order valence-corrected chi connectivity index (χ3v) is 9.37. The van der Waals surface area contributed by atoms with Gasteiger partial charge in [-0.05, 0) is 46.5 Å². The first-order chi connectivity index (χ1) is 24.8. The summed E-state index contributed by atoms with van der Waals surface area (Å²) in [7, 11) is 0. The highest BCUT2D eigenvalue weighted by molar-refractivity contribution is 8.00. The summed E-state index contributed by atoms with van der Waals surface area (Å²) < 4.78 is 5.24. The van der Waals surface area contributed by atoms with Crippen LogP contribution in [0.5, 0.6) is 0 Å². The molecule has 0 aliphatic carbocycles. The number of carbonyl (C=O) groups is 8. The zero-order chi connectivity index (χ0) is 40.2. The normalized spacial score (nSPS) is 19.8. The van der Waals surface area contributed by atoms with Crippen LogP contribution in [0.4, 0.5) is 0 Å². The Labute approximate surface area is 308 Å². The van der Waals surface area contributed by atoms with Crippen molar-refractivity contribution in [2.75, 3.05) is 18.9 Å². The molecule has 2 rings (SSSR count). The van der Waals surface area contributed by atoms with Crippen LogP contribution >= 0.6 is 11.8 Å². The summed E-state index contributed by atoms with van der Waals surface area (Å²) in [6.07, 6.45) is -1.79. The number of hydrogen-bond donors (Lipinski definition) is 11. The van der Waals surface area contributed by atoms with Crippen LogP contribution in [0, 0.1) is 0 Å². The van der Waals surface area contributed by atoms with Gasteiger partial charge in [-0.1, -0.05) is 0 Å². The second-order valence-corrected chi connectivity index (χ2v) is 13.5. The maximum absolute atomic E-state index is 13.0. The third-order valence-electron chi connectivity index (χ3n) is 8.03. The molecule has 0 spiro atoms. The fourth-order valence-corrected chi connectivity index (χ4v) is 6.33. The summed E-state index contributed by atoms with van der Waals surface area (Å²) >= 11 is 1.10. The molecule has 2 heterocycles. The minimum Gasteiger partial charge on any atom is -0.480 e. The first kappa shape index (κ1) is 44.2. The smallest absolute Gasteiger partial charge is 0.352 e. The number of nitrogens with two attached hydrogens (primary N) is 4. The number of aliphatic imine (C=N–C) groups is 1. The Morgan fingerprint density at radius 3 is 2.11 bits per heavy atom. The highest BCUT2D eigenvalue weighted by Crippen LogP contribution is 2.40. The van der Waals surface area contributed by atoms with E-state index in [1.54, 1.807) is 0 Å². The van der Waals surface area contributed by atoms with Crippen molar-refractivity contribution in [3.8, 4) is 0 Å². The molecule has 53 heavy (non-hydrogen) atoms. The molecule has 2 aliphatic rings. The van der Waals surface area contributed by atoms with E-state index in [4.69, 9.17) is 32.8 Å². The Hall–Kier alpha value is -5.00. The van der Waals surface area contributed by atoms with Crippen molar-refractivity contribution in [2.24, 2.45) is 27.9 Å². The van der Waals surface area contributed by atoms with Crippen LogP contribution in [-0.4, -0.2) is 140 Å². The predicted octanol–water partition coefficient (Wildman–Crippen LogP) is -4.89. The molecule has 15 N–H and O–H groups in total. The molecular weight excluding hydrogens is 724 g/mol. The Morgan fingerprint density at radius 2 is 1.55 bits per heavy atom. The second-order valence-electron chi connectivity index (χ2n) is 12.4. The molecule has 2 aliphatic heterocycles. The van der Waals surface area contributed by atoms with Gasteiger partial charge in [-0.2, -0.15) is 0 Å². The van der Waals surface area contributed by atoms with Crippen LogP contribution in [0.25, 0.3) is 0 Å². The van der Waals surface area contributed by atoms with Gasteiger partial charge in [-0.25, -0.2) is 9.59 Å². The number of nitrogens with zero attached hydrogens (tertiary/aromatic N) is 2. The maximum Gasteiger partial charge on any atom is 0.352 e. The van der Waals surface area contributed by atoms with E-state index in [0.29, 0.717) is 0 Å². The number of amides is 5. The van der Waals surface area contributed by atoms with E-state index >= 15 is 0 Å². The van der Waals surface area contributed by atoms with Gasteiger partial charge < -0.3 is 64.3 Å². The number of β-lactam (4-membered cyclic amide) rings is 1. The molecule has 0 radical (unpaired) electrons. The van der Waals surface area contributed by atoms with Gasteiger partial charge in [0.05, 0.1) is 12.1 Å². The fourth-order valence-electron chi connectivity index (χ4n) is 5.00. The van der Waals surface area contributed by atoms with Crippen molar-refractivity contribution in [1.82, 2.24) is 26.2 Å². The molecule has 0 unspecified atom stereocenters. The molecule has 8 atom stereocenters. The zero-order valence-electron chi connectivity index (χ0n) is 29.4. The number of esters is 1. The molecule has 0 bridgehead atoms. The second kappa shape index (κ2) is 20.3. The quantitative estimate of drug-likeness (QED) is 0.0171. The van der Waals surface area contributed by atoms with Gasteiger partial charge in [-0.3, -0.25) is 38.7 Å². The number of aliphatic hydroxyl groups excluding tert-OH is 1. The SMILES string of the molecule is C[C@H](N)C(=O)N[C@@H](C)C(=O)N[C@@H](C)C(=O)N[C@@H](CCCN=C(N)N)[C@@H](O)C(=O)OCC1=C(C(=O)O)N2C(=O)[C@@H](NC(=O)CCC[C@@H](N)C(=O)O)[C@H]2SC1. The van der Waals surface area contributed by atoms with E-state index < -0.39 is 107 Å². The number of aliphatic carboxylic acids is 2. The van der Waals surface area contributed by atoms with Crippen molar-refractivity contribution in [3.63, 3.8) is 0 Å². The molecule has 0 aromatic rings. The molecule has 22 nitrogen and oxygen atoms in total. The van der Waals surface area contributed by atoms with Gasteiger partial charge in [0.25, 0.3) is 5.91 Å². The average Bonchev–Trinajstić information content (AvgIpc) is 3.09. The number of carboxylic acids is 2. The van der Waals surface area contributed by atoms with E-state index in [-0.39, 0.29) is 55.9 Å². The first-order valence-corrected chi connectivity index (χ1v) is 17.6. The van der Waals surface area contributed by atoms with Gasteiger partial charge in [0, 0.05) is 24.3 Å². The number of aliphatic hydroxyl groups is 1. The van der Waals surface area contributed by atoms with Crippen LogP contribution in [0.1, 0.15) is 52.9 Å². The van der Waals surface area contributed by atoms with E-state index in [9.17, 15) is 48.6 Å². The number of thioether (sulfide) groups is 1. The minimum absolute atomic E-state index is 0.0232. The first-order valence-electron chi connectivity index (χ1n) is 16.5. The van der Waals surface area contributed by atoms with Gasteiger partial charge in [0.2, 0.25) is 23.6 Å². The van der Waals surface area contributed by atoms with Crippen LogP contribution in [0.3, 0.4) is 0 Å². The van der Waals surface area contributed by atoms with Gasteiger partial charge in [0.15, 0.2) is 12.1 Å². The van der Waals surface area contributed by atoms with Crippen LogP contribution in [0.15, 0.2) is 16.3 Å². The third kappa shape index (κ3) is 12.9. The summed E-state index contributed by atoms with van der Waals surface area (Å²) in [5, 5.41) is 38.7. The number of nitrogens with one attached hydrogen (secondary N) is 4. The van der Waals surface area contributed by atoms with E-state index in [0.717, 1.165) is 16.7 Å². The van der Waals surface area contributed by atoms with Gasteiger partial charge in [0.1, 0.15) is 41.8 Å². The monoisotopic (exact) mass is 772 g/mol. The zero-order valence-corrected chi connectivity index (χ0v) is 30.2. The molecule has 1 saturated heterocycles. The van der Waals surface area contributed by atoms with Gasteiger partial charge >= 0.3 is 17.9 Å². The molecule has 1 fully saturated rings. The van der Waals surface area contributed by atoms with E-state index in [1.807, 2.05) is 0 Å². The number of carbonyl (C=O) groups excluding carboxylic acids is 6. The van der Waals surface area contributed by atoms with Gasteiger partial charge in [-0.15, -0.1) is 11.8 Å². The Kier molecular flexibility index (Phi) is 16.9. The standard InChI is InChI=1S/C30H48N10O12S/c1-12(31)22(43)36-13(2)23(44)37-14(3)24(45)38-17(7-5-9-35-30(33)34)21(42)29(51)52-10-15-11-53-26-19(25(46)40(26)20(15)28(49)50)39-18(41)8-4-6-16(32)27(47)48/h12-14,16-17,19,21,26,42H,4-11,31-32H2,1-3H3,(H,36,43)(H,37,44)(H,38,45)(H,39,41)(H,47,48)(H,49,50)(H4,33,34,35)/t12-,13-,14-,16+,17-,19+,21+,26+/m0/s1. The van der Waals surface area contributed by atoms with Crippen molar-refractivity contribution in [2.45, 2.75) is 101 Å². The topological polar surface area (TPSA) is 374 Å². The Bertz CT molecular complexity index is 1490. The molecular formula is C30H48N10O12S. The highest BCUT2D eigenvalue weighted by Gasteiger charge is 2.54. The van der Waals surface area contributed by atoms with Crippen molar-refractivity contribution in [3.05, 3.63) is 11.3 Å². The molecule has 23 heteroatoms. The lowest BCUT2D eigenvalue weighted by Gasteiger charge is -2.49. The lowest BCUT2D eigenvalue weighted by Crippen LogP contribution is -2.70. The number of ether oxygens (including phenoxy) is 1. The lowest BCUT2D eigenvalue weighted by atomic mass is 10.0. The van der Waals surface area contributed by atoms with E-state index in [2.05, 4.69) is 26.3 Å². The summed E-state index contributed by atoms with van der Waals surface area (Å²) in [6.45, 7) is 3.55. The minimum atomic E-state index is -1.99. The number of rotatable bonds is 21. The van der Waals surface area contributed by atoms with Crippen LogP contribution in [-0.2, 0) is 43.1 Å². The molecule has 0 aromatic heterocycles. The molecule has 296 valence electrons. The Balaban J connectivity index is 2.08. The van der Waals surface area contributed by atoms with Crippen molar-refractivity contribution < 1.29 is 58.4 Å². The molecule has 0 aromatic carbocycles. The van der Waals surface area contributed by atoms with Crippen LogP contribution in [0.2, 0.25) is 0 Å². The number of carboxylic acid groups (broad SMARTS) is 2. The number of hydrogen-bond acceptors (Lipinski definition) is 14. The lowest BCUT2D eigenvalue weighted by molar-refractivity contribution is -0.155. The summed E-state index contributed by atoms with van der Waals surface area (Å²) in [5.74, 6) is -7.60. The maximum atomic E-state index is 13.0. The summed E-state index contributed by atoms with van der Waals surface area (Å²) in [6, 6.07) is -6.61. The summed E-state index contributed by atoms with van der Waals surface area (Å²) in [4.78, 5) is 104.